The van der Waals surface area contributed by atoms with Gasteiger partial charge in [0.05, 0.1) is 0 Å². The molecule has 11 rings (SSSR count). The molecule has 256 valence electrons. The molecule has 0 saturated carbocycles. The first-order chi connectivity index (χ1) is 27.2. The van der Waals surface area contributed by atoms with E-state index in [1.807, 2.05) is 36.4 Å². The van der Waals surface area contributed by atoms with Crippen LogP contribution in [-0.2, 0) is 0 Å². The summed E-state index contributed by atoms with van der Waals surface area (Å²) in [6, 6.07) is 65.9. The molecular formula is C51H31N3O. The molecule has 4 heteroatoms. The van der Waals surface area contributed by atoms with E-state index in [4.69, 9.17) is 19.4 Å². The summed E-state index contributed by atoms with van der Waals surface area (Å²) >= 11 is 0. The van der Waals surface area contributed by atoms with E-state index in [0.717, 1.165) is 60.2 Å². The minimum atomic E-state index is 0.589. The molecule has 0 radical (unpaired) electrons. The largest absolute Gasteiger partial charge is 0.455 e. The lowest BCUT2D eigenvalue weighted by atomic mass is 9.94. The number of nitrogens with zero attached hydrogens (tertiary/aromatic N) is 3. The van der Waals surface area contributed by atoms with Gasteiger partial charge in [-0.15, -0.1) is 0 Å². The molecule has 2 aromatic heterocycles. The Morgan fingerprint density at radius 1 is 0.291 bits per heavy atom. The second-order valence-corrected chi connectivity index (χ2v) is 14.0. The van der Waals surface area contributed by atoms with Crippen molar-refractivity contribution in [2.24, 2.45) is 0 Å². The fourth-order valence-electron chi connectivity index (χ4n) is 7.88. The summed E-state index contributed by atoms with van der Waals surface area (Å²) in [5.41, 5.74) is 9.09. The van der Waals surface area contributed by atoms with Gasteiger partial charge in [0, 0.05) is 32.8 Å². The molecule has 0 bridgehead atoms. The van der Waals surface area contributed by atoms with Crippen LogP contribution in [0.25, 0.3) is 111 Å². The molecule has 0 saturated heterocycles. The van der Waals surface area contributed by atoms with Crippen molar-refractivity contribution in [3.8, 4) is 56.4 Å². The van der Waals surface area contributed by atoms with E-state index < -0.39 is 0 Å². The Hall–Kier alpha value is -7.43. The molecule has 55 heavy (non-hydrogen) atoms. The normalized spacial score (nSPS) is 11.6. The van der Waals surface area contributed by atoms with E-state index in [2.05, 4.69) is 152 Å². The molecule has 0 aliphatic heterocycles. The van der Waals surface area contributed by atoms with Gasteiger partial charge in [0.2, 0.25) is 0 Å². The van der Waals surface area contributed by atoms with Crippen molar-refractivity contribution in [3.63, 3.8) is 0 Å². The average Bonchev–Trinajstić information content (AvgIpc) is 3.64. The van der Waals surface area contributed by atoms with Crippen LogP contribution in [0.3, 0.4) is 0 Å². The van der Waals surface area contributed by atoms with Gasteiger partial charge in [-0.2, -0.15) is 0 Å². The first-order valence-corrected chi connectivity index (χ1v) is 18.5. The maximum absolute atomic E-state index is 6.74. The van der Waals surface area contributed by atoms with Crippen LogP contribution in [0.4, 0.5) is 0 Å². The second-order valence-electron chi connectivity index (χ2n) is 14.0. The molecule has 0 amide bonds. The van der Waals surface area contributed by atoms with Crippen LogP contribution in [0, 0.1) is 0 Å². The summed E-state index contributed by atoms with van der Waals surface area (Å²) in [5.74, 6) is 1.83. The lowest BCUT2D eigenvalue weighted by Gasteiger charge is -2.10. The van der Waals surface area contributed by atoms with Crippen molar-refractivity contribution in [2.45, 2.75) is 0 Å². The molecular weight excluding hydrogens is 671 g/mol. The molecule has 0 aliphatic rings. The highest BCUT2D eigenvalue weighted by Gasteiger charge is 2.18. The number of fused-ring (bicyclic) bond motifs is 7. The van der Waals surface area contributed by atoms with Crippen LogP contribution < -0.4 is 0 Å². The Labute approximate surface area is 317 Å². The highest BCUT2D eigenvalue weighted by Crippen LogP contribution is 2.41. The molecule has 2 heterocycles. The minimum absolute atomic E-state index is 0.589. The predicted octanol–water partition coefficient (Wildman–Crippen LogP) is 13.6. The van der Waals surface area contributed by atoms with Crippen molar-refractivity contribution in [3.05, 3.63) is 188 Å². The van der Waals surface area contributed by atoms with Crippen molar-refractivity contribution in [1.29, 1.82) is 0 Å². The van der Waals surface area contributed by atoms with Crippen molar-refractivity contribution >= 4 is 54.3 Å². The Morgan fingerprint density at radius 3 is 1.58 bits per heavy atom. The van der Waals surface area contributed by atoms with Crippen LogP contribution in [-0.4, -0.2) is 15.0 Å². The summed E-state index contributed by atoms with van der Waals surface area (Å²) in [5, 5.41) is 9.11. The Bertz CT molecular complexity index is 3260. The van der Waals surface area contributed by atoms with E-state index in [0.29, 0.717) is 17.5 Å². The highest BCUT2D eigenvalue weighted by atomic mass is 16.3. The third-order valence-corrected chi connectivity index (χ3v) is 10.7. The molecule has 0 spiro atoms. The minimum Gasteiger partial charge on any atom is -0.455 e. The first kappa shape index (κ1) is 31.1. The fourth-order valence-corrected chi connectivity index (χ4v) is 7.88. The van der Waals surface area contributed by atoms with Crippen molar-refractivity contribution in [2.75, 3.05) is 0 Å². The molecule has 0 aliphatic carbocycles. The van der Waals surface area contributed by atoms with Crippen LogP contribution in [0.5, 0.6) is 0 Å². The second kappa shape index (κ2) is 12.6. The summed E-state index contributed by atoms with van der Waals surface area (Å²) in [4.78, 5) is 15.2. The van der Waals surface area contributed by atoms with E-state index in [1.54, 1.807) is 0 Å². The van der Waals surface area contributed by atoms with Crippen LogP contribution in [0.1, 0.15) is 0 Å². The third-order valence-electron chi connectivity index (χ3n) is 10.7. The third kappa shape index (κ3) is 5.43. The fraction of sp³-hybridized carbons (Fsp3) is 0. The van der Waals surface area contributed by atoms with Gasteiger partial charge < -0.3 is 4.42 Å². The van der Waals surface area contributed by atoms with Gasteiger partial charge in [-0.25, -0.2) is 15.0 Å². The molecule has 4 nitrogen and oxygen atoms in total. The number of furan rings is 1. The standard InChI is InChI=1S/C51H31N3O/c1-3-11-32(12-4-1)37-22-19-34-21-24-39(29-41(34)28-37)50-52-49(35-14-5-2-6-15-35)53-51(54-50)40-25-26-43-46-31-45(38-23-20-33-13-7-8-16-36(33)27-38)42-17-9-10-18-44(42)48(46)55-47(43)30-40/h1-31H. The Kier molecular flexibility index (Phi) is 7.14. The number of hydrogen-bond acceptors (Lipinski definition) is 4. The van der Waals surface area contributed by atoms with Crippen molar-refractivity contribution in [1.82, 2.24) is 15.0 Å². The van der Waals surface area contributed by atoms with Crippen molar-refractivity contribution < 1.29 is 4.42 Å². The number of hydrogen-bond donors (Lipinski definition) is 0. The lowest BCUT2D eigenvalue weighted by molar-refractivity contribution is 0.673. The van der Waals surface area contributed by atoms with Crippen LogP contribution in [0.2, 0.25) is 0 Å². The zero-order chi connectivity index (χ0) is 36.3. The number of benzene rings is 9. The monoisotopic (exact) mass is 701 g/mol. The van der Waals surface area contributed by atoms with Gasteiger partial charge in [-0.3, -0.25) is 0 Å². The Balaban J connectivity index is 1.06. The zero-order valence-corrected chi connectivity index (χ0v) is 29.6. The topological polar surface area (TPSA) is 51.8 Å². The SMILES string of the molecule is c1ccc(-c2ccc3ccc(-c4nc(-c5ccccc5)nc(-c5ccc6c(c5)oc5c7ccccc7c(-c7ccc8ccccc8c7)cc65)n4)cc3c2)cc1. The Morgan fingerprint density at radius 2 is 0.818 bits per heavy atom. The highest BCUT2D eigenvalue weighted by molar-refractivity contribution is 6.19. The van der Waals surface area contributed by atoms with Gasteiger partial charge in [0.1, 0.15) is 11.2 Å². The zero-order valence-electron chi connectivity index (χ0n) is 29.6. The van der Waals surface area contributed by atoms with Gasteiger partial charge >= 0.3 is 0 Å². The summed E-state index contributed by atoms with van der Waals surface area (Å²) in [6.07, 6.45) is 0. The van der Waals surface area contributed by atoms with Gasteiger partial charge in [-0.1, -0.05) is 152 Å². The molecule has 0 N–H and O–H groups in total. The molecule has 11 aromatic rings. The summed E-state index contributed by atoms with van der Waals surface area (Å²) in [6.45, 7) is 0. The molecule has 0 unspecified atom stereocenters. The van der Waals surface area contributed by atoms with Gasteiger partial charge in [0.15, 0.2) is 17.5 Å². The summed E-state index contributed by atoms with van der Waals surface area (Å²) < 4.78 is 6.74. The molecule has 0 atom stereocenters. The van der Waals surface area contributed by atoms with Crippen LogP contribution >= 0.6 is 0 Å². The quantitative estimate of drug-likeness (QED) is 0.179. The smallest absolute Gasteiger partial charge is 0.164 e. The van der Waals surface area contributed by atoms with Gasteiger partial charge in [0.25, 0.3) is 0 Å². The lowest BCUT2D eigenvalue weighted by Crippen LogP contribution is -2.00. The average molecular weight is 702 g/mol. The molecule has 0 fully saturated rings. The number of rotatable bonds is 5. The number of aromatic nitrogens is 3. The first-order valence-electron chi connectivity index (χ1n) is 18.5. The summed E-state index contributed by atoms with van der Waals surface area (Å²) in [7, 11) is 0. The van der Waals surface area contributed by atoms with E-state index in [9.17, 15) is 0 Å². The van der Waals surface area contributed by atoms with E-state index in [-0.39, 0.29) is 0 Å². The maximum atomic E-state index is 6.74. The maximum Gasteiger partial charge on any atom is 0.164 e. The predicted molar refractivity (Wildman–Crippen MR) is 227 cm³/mol. The van der Waals surface area contributed by atoms with Crippen LogP contribution in [0.15, 0.2) is 192 Å². The van der Waals surface area contributed by atoms with E-state index >= 15 is 0 Å². The van der Waals surface area contributed by atoms with Gasteiger partial charge in [-0.05, 0) is 85.6 Å². The molecule has 9 aromatic carbocycles. The van der Waals surface area contributed by atoms with E-state index in [1.165, 1.54) is 33.0 Å².